The number of aromatic amines is 1. The first-order valence-corrected chi connectivity index (χ1v) is 6.98. The van der Waals surface area contributed by atoms with E-state index in [9.17, 15) is 4.79 Å². The lowest BCUT2D eigenvalue weighted by atomic mass is 10.2. The SMILES string of the molecule is Cc1ccccc1-n1cc(CN(C)C(=O)c2cnc[nH]2)cn1. The molecule has 2 aromatic heterocycles. The number of aryl methyl sites for hydroxylation is 1. The summed E-state index contributed by atoms with van der Waals surface area (Å²) in [6.07, 6.45) is 6.75. The summed E-state index contributed by atoms with van der Waals surface area (Å²) in [5.41, 5.74) is 3.64. The third-order valence-electron chi connectivity index (χ3n) is 3.49. The third kappa shape index (κ3) is 2.76. The smallest absolute Gasteiger partial charge is 0.271 e. The van der Waals surface area contributed by atoms with Gasteiger partial charge in [0, 0.05) is 25.4 Å². The molecule has 0 saturated carbocycles. The number of nitrogens with zero attached hydrogens (tertiary/aromatic N) is 4. The molecule has 2 heterocycles. The molecule has 0 aliphatic rings. The third-order valence-corrected chi connectivity index (χ3v) is 3.49. The molecule has 3 rings (SSSR count). The summed E-state index contributed by atoms with van der Waals surface area (Å²) in [6, 6.07) is 8.05. The standard InChI is InChI=1S/C16H17N5O/c1-12-5-3-4-6-15(12)21-10-13(7-19-21)9-20(2)16(22)14-8-17-11-18-14/h3-8,10-11H,9H2,1-2H3,(H,17,18). The molecule has 0 aliphatic carbocycles. The number of H-pyrrole nitrogens is 1. The molecule has 1 N–H and O–H groups in total. The van der Waals surface area contributed by atoms with Crippen LogP contribution in [-0.2, 0) is 6.54 Å². The van der Waals surface area contributed by atoms with Crippen LogP contribution in [-0.4, -0.2) is 37.6 Å². The summed E-state index contributed by atoms with van der Waals surface area (Å²) >= 11 is 0. The second kappa shape index (κ2) is 5.85. The zero-order valence-corrected chi connectivity index (χ0v) is 12.5. The van der Waals surface area contributed by atoms with Crippen molar-refractivity contribution in [1.82, 2.24) is 24.6 Å². The van der Waals surface area contributed by atoms with Crippen LogP contribution < -0.4 is 0 Å². The Hall–Kier alpha value is -2.89. The fraction of sp³-hybridized carbons (Fsp3) is 0.188. The van der Waals surface area contributed by atoms with Crippen LogP contribution in [0.1, 0.15) is 21.6 Å². The summed E-state index contributed by atoms with van der Waals surface area (Å²) in [5, 5.41) is 4.38. The zero-order chi connectivity index (χ0) is 15.5. The second-order valence-corrected chi connectivity index (χ2v) is 5.21. The van der Waals surface area contributed by atoms with Gasteiger partial charge in [-0.3, -0.25) is 4.79 Å². The van der Waals surface area contributed by atoms with Gasteiger partial charge in [-0.15, -0.1) is 0 Å². The Morgan fingerprint density at radius 2 is 2.14 bits per heavy atom. The highest BCUT2D eigenvalue weighted by atomic mass is 16.2. The molecular formula is C16H17N5O. The van der Waals surface area contributed by atoms with E-state index < -0.39 is 0 Å². The van der Waals surface area contributed by atoms with E-state index in [2.05, 4.69) is 15.1 Å². The van der Waals surface area contributed by atoms with Crippen molar-refractivity contribution in [2.24, 2.45) is 0 Å². The number of benzene rings is 1. The number of carbonyl (C=O) groups excluding carboxylic acids is 1. The number of rotatable bonds is 4. The van der Waals surface area contributed by atoms with E-state index >= 15 is 0 Å². The number of imidazole rings is 1. The minimum Gasteiger partial charge on any atom is -0.341 e. The molecule has 1 amide bonds. The molecular weight excluding hydrogens is 278 g/mol. The van der Waals surface area contributed by atoms with E-state index in [-0.39, 0.29) is 5.91 Å². The molecule has 6 nitrogen and oxygen atoms in total. The van der Waals surface area contributed by atoms with Crippen LogP contribution in [0.25, 0.3) is 5.69 Å². The van der Waals surface area contributed by atoms with Crippen molar-refractivity contribution >= 4 is 5.91 Å². The molecule has 3 aromatic rings. The highest BCUT2D eigenvalue weighted by Crippen LogP contribution is 2.14. The Bertz CT molecular complexity index is 775. The van der Waals surface area contributed by atoms with Gasteiger partial charge in [-0.05, 0) is 18.6 Å². The summed E-state index contributed by atoms with van der Waals surface area (Å²) in [4.78, 5) is 20.5. The van der Waals surface area contributed by atoms with Crippen LogP contribution in [0.4, 0.5) is 0 Å². The van der Waals surface area contributed by atoms with E-state index in [1.807, 2.05) is 42.1 Å². The van der Waals surface area contributed by atoms with E-state index in [1.165, 1.54) is 12.5 Å². The van der Waals surface area contributed by atoms with Crippen molar-refractivity contribution in [3.05, 3.63) is 66.0 Å². The van der Waals surface area contributed by atoms with Gasteiger partial charge in [-0.25, -0.2) is 9.67 Å². The topological polar surface area (TPSA) is 66.8 Å². The van der Waals surface area contributed by atoms with E-state index in [0.29, 0.717) is 12.2 Å². The van der Waals surface area contributed by atoms with Crippen molar-refractivity contribution in [1.29, 1.82) is 0 Å². The van der Waals surface area contributed by atoms with Crippen molar-refractivity contribution in [2.75, 3.05) is 7.05 Å². The molecule has 0 spiro atoms. The van der Waals surface area contributed by atoms with Gasteiger partial charge < -0.3 is 9.88 Å². The Kier molecular flexibility index (Phi) is 3.74. The lowest BCUT2D eigenvalue weighted by Crippen LogP contribution is -2.26. The summed E-state index contributed by atoms with van der Waals surface area (Å²) < 4.78 is 1.83. The van der Waals surface area contributed by atoms with Gasteiger partial charge in [0.2, 0.25) is 0 Å². The Labute approximate surface area is 128 Å². The highest BCUT2D eigenvalue weighted by Gasteiger charge is 2.14. The van der Waals surface area contributed by atoms with E-state index in [4.69, 9.17) is 0 Å². The number of nitrogens with one attached hydrogen (secondary N) is 1. The maximum atomic E-state index is 12.2. The summed E-state index contributed by atoms with van der Waals surface area (Å²) in [7, 11) is 1.76. The highest BCUT2D eigenvalue weighted by molar-refractivity contribution is 5.91. The van der Waals surface area contributed by atoms with Crippen molar-refractivity contribution in [3.63, 3.8) is 0 Å². The van der Waals surface area contributed by atoms with E-state index in [0.717, 1.165) is 16.8 Å². The van der Waals surface area contributed by atoms with Gasteiger partial charge in [0.1, 0.15) is 5.69 Å². The molecule has 0 saturated heterocycles. The molecule has 0 aliphatic heterocycles. The number of para-hydroxylation sites is 1. The van der Waals surface area contributed by atoms with Crippen molar-refractivity contribution < 1.29 is 4.79 Å². The Balaban J connectivity index is 1.75. The van der Waals surface area contributed by atoms with Gasteiger partial charge >= 0.3 is 0 Å². The fourth-order valence-electron chi connectivity index (χ4n) is 2.32. The van der Waals surface area contributed by atoms with Gasteiger partial charge in [-0.1, -0.05) is 18.2 Å². The summed E-state index contributed by atoms with van der Waals surface area (Å²) in [5.74, 6) is -0.0962. The monoisotopic (exact) mass is 295 g/mol. The lowest BCUT2D eigenvalue weighted by Gasteiger charge is -2.14. The van der Waals surface area contributed by atoms with Gasteiger partial charge in [0.25, 0.3) is 5.91 Å². The first kappa shape index (κ1) is 14.1. The molecule has 112 valence electrons. The molecule has 0 fully saturated rings. The average Bonchev–Trinajstić information content (AvgIpc) is 3.18. The molecule has 0 bridgehead atoms. The lowest BCUT2D eigenvalue weighted by molar-refractivity contribution is 0.0780. The van der Waals surface area contributed by atoms with Crippen LogP contribution in [0.15, 0.2) is 49.2 Å². The number of amides is 1. The number of hydrogen-bond acceptors (Lipinski definition) is 3. The van der Waals surface area contributed by atoms with Gasteiger partial charge in [0.05, 0.1) is 24.4 Å². The Morgan fingerprint density at radius 1 is 1.32 bits per heavy atom. The molecule has 6 heteroatoms. The minimum atomic E-state index is -0.0962. The molecule has 0 atom stereocenters. The predicted octanol–water partition coefficient (Wildman–Crippen LogP) is 2.18. The molecule has 22 heavy (non-hydrogen) atoms. The maximum Gasteiger partial charge on any atom is 0.271 e. The predicted molar refractivity (Wildman–Crippen MR) is 82.7 cm³/mol. The fourth-order valence-corrected chi connectivity index (χ4v) is 2.32. The largest absolute Gasteiger partial charge is 0.341 e. The molecule has 0 unspecified atom stereocenters. The zero-order valence-electron chi connectivity index (χ0n) is 12.5. The van der Waals surface area contributed by atoms with Crippen LogP contribution in [0.2, 0.25) is 0 Å². The Morgan fingerprint density at radius 3 is 2.86 bits per heavy atom. The van der Waals surface area contributed by atoms with Crippen molar-refractivity contribution in [2.45, 2.75) is 13.5 Å². The molecule has 0 radical (unpaired) electrons. The first-order chi connectivity index (χ1) is 10.6. The first-order valence-electron chi connectivity index (χ1n) is 6.98. The number of carbonyl (C=O) groups is 1. The average molecular weight is 295 g/mol. The van der Waals surface area contributed by atoms with E-state index in [1.54, 1.807) is 18.1 Å². The second-order valence-electron chi connectivity index (χ2n) is 5.21. The number of hydrogen-bond donors (Lipinski definition) is 1. The van der Waals surface area contributed by atoms with Gasteiger partial charge in [-0.2, -0.15) is 5.10 Å². The van der Waals surface area contributed by atoms with Gasteiger partial charge in [0.15, 0.2) is 0 Å². The van der Waals surface area contributed by atoms with Crippen molar-refractivity contribution in [3.8, 4) is 5.69 Å². The van der Waals surface area contributed by atoms with Crippen LogP contribution >= 0.6 is 0 Å². The quantitative estimate of drug-likeness (QED) is 0.802. The number of aromatic nitrogens is 4. The molecule has 1 aromatic carbocycles. The van der Waals surface area contributed by atoms with Crippen LogP contribution in [0.3, 0.4) is 0 Å². The summed E-state index contributed by atoms with van der Waals surface area (Å²) in [6.45, 7) is 2.54. The van der Waals surface area contributed by atoms with Crippen LogP contribution in [0.5, 0.6) is 0 Å². The maximum absolute atomic E-state index is 12.2. The normalized spacial score (nSPS) is 10.6. The minimum absolute atomic E-state index is 0.0962. The van der Waals surface area contributed by atoms with Crippen LogP contribution in [0, 0.1) is 6.92 Å².